The molecule has 1 atom stereocenters. The van der Waals surface area contributed by atoms with Crippen LogP contribution in [0.25, 0.3) is 11.1 Å². The van der Waals surface area contributed by atoms with E-state index in [0.29, 0.717) is 18.9 Å². The third kappa shape index (κ3) is 2.08. The van der Waals surface area contributed by atoms with Gasteiger partial charge in [0.2, 0.25) is 5.89 Å². The van der Waals surface area contributed by atoms with Crippen LogP contribution in [0, 0.1) is 6.92 Å². The molecule has 0 aliphatic carbocycles. The molecule has 1 heterocycles. The van der Waals surface area contributed by atoms with Crippen LogP contribution < -0.4 is 5.73 Å². The second kappa shape index (κ2) is 4.63. The highest BCUT2D eigenvalue weighted by Gasteiger charge is 2.14. The molecule has 0 aliphatic heterocycles. The van der Waals surface area contributed by atoms with E-state index in [2.05, 4.69) is 4.98 Å². The Bertz CT molecular complexity index is 479. The summed E-state index contributed by atoms with van der Waals surface area (Å²) >= 11 is 0. The fraction of sp³-hybridized carbons (Fsp3) is 0.417. The standard InChI is InChI=1S/C12H16N2O2/c1-8-4-3-5-10-11(8)14-12(16-10)9(13)6-7-15-2/h3-5,9H,6-7,13H2,1-2H3. The maximum Gasteiger partial charge on any atom is 0.212 e. The minimum atomic E-state index is -0.202. The third-order valence-corrected chi connectivity index (χ3v) is 2.59. The predicted octanol–water partition coefficient (Wildman–Crippen LogP) is 2.17. The number of methoxy groups -OCH3 is 1. The van der Waals surface area contributed by atoms with Crippen molar-refractivity contribution in [1.29, 1.82) is 0 Å². The summed E-state index contributed by atoms with van der Waals surface area (Å²) in [5.74, 6) is 0.585. The average Bonchev–Trinajstić information content (AvgIpc) is 2.71. The molecule has 1 aromatic heterocycles. The molecule has 0 fully saturated rings. The summed E-state index contributed by atoms with van der Waals surface area (Å²) in [4.78, 5) is 4.42. The van der Waals surface area contributed by atoms with Gasteiger partial charge in [-0.2, -0.15) is 0 Å². The van der Waals surface area contributed by atoms with E-state index in [1.54, 1.807) is 7.11 Å². The van der Waals surface area contributed by atoms with E-state index in [0.717, 1.165) is 16.7 Å². The quantitative estimate of drug-likeness (QED) is 0.857. The molecule has 2 N–H and O–H groups in total. The molecule has 0 saturated heterocycles. The molecular formula is C12H16N2O2. The minimum Gasteiger partial charge on any atom is -0.439 e. The normalized spacial score (nSPS) is 13.2. The van der Waals surface area contributed by atoms with E-state index in [1.807, 2.05) is 25.1 Å². The van der Waals surface area contributed by atoms with Gasteiger partial charge in [-0.05, 0) is 25.0 Å². The second-order valence-corrected chi connectivity index (χ2v) is 3.86. The van der Waals surface area contributed by atoms with Crippen molar-refractivity contribution in [3.8, 4) is 0 Å². The van der Waals surface area contributed by atoms with E-state index in [4.69, 9.17) is 14.9 Å². The molecule has 4 nitrogen and oxygen atoms in total. The van der Waals surface area contributed by atoms with Gasteiger partial charge in [0.05, 0.1) is 6.04 Å². The molecule has 16 heavy (non-hydrogen) atoms. The van der Waals surface area contributed by atoms with E-state index in [1.165, 1.54) is 0 Å². The minimum absolute atomic E-state index is 0.202. The molecule has 0 radical (unpaired) electrons. The van der Waals surface area contributed by atoms with Crippen LogP contribution in [-0.4, -0.2) is 18.7 Å². The molecule has 0 saturated carbocycles. The van der Waals surface area contributed by atoms with Gasteiger partial charge in [-0.25, -0.2) is 4.98 Å². The molecular weight excluding hydrogens is 204 g/mol. The topological polar surface area (TPSA) is 61.3 Å². The van der Waals surface area contributed by atoms with Gasteiger partial charge in [0.15, 0.2) is 5.58 Å². The Morgan fingerprint density at radius 1 is 1.50 bits per heavy atom. The number of hydrogen-bond acceptors (Lipinski definition) is 4. The number of aromatic nitrogens is 1. The van der Waals surface area contributed by atoms with Gasteiger partial charge in [0.1, 0.15) is 5.52 Å². The molecule has 0 spiro atoms. The first-order valence-electron chi connectivity index (χ1n) is 5.33. The van der Waals surface area contributed by atoms with Crippen molar-refractivity contribution in [2.45, 2.75) is 19.4 Å². The van der Waals surface area contributed by atoms with E-state index < -0.39 is 0 Å². The van der Waals surface area contributed by atoms with Crippen LogP contribution in [0.4, 0.5) is 0 Å². The summed E-state index contributed by atoms with van der Waals surface area (Å²) in [6.07, 6.45) is 0.711. The summed E-state index contributed by atoms with van der Waals surface area (Å²) in [6, 6.07) is 5.66. The Labute approximate surface area is 94.4 Å². The summed E-state index contributed by atoms with van der Waals surface area (Å²) in [5.41, 5.74) is 8.75. The molecule has 86 valence electrons. The molecule has 4 heteroatoms. The largest absolute Gasteiger partial charge is 0.439 e. The van der Waals surface area contributed by atoms with Crippen LogP contribution in [0.15, 0.2) is 22.6 Å². The first kappa shape index (κ1) is 11.1. The van der Waals surface area contributed by atoms with Gasteiger partial charge >= 0.3 is 0 Å². The molecule has 2 aromatic rings. The Kier molecular flexibility index (Phi) is 3.22. The molecule has 1 unspecified atom stereocenters. The van der Waals surface area contributed by atoms with Crippen LogP contribution in [0.1, 0.15) is 23.9 Å². The maximum atomic E-state index is 5.96. The lowest BCUT2D eigenvalue weighted by Crippen LogP contribution is -2.12. The maximum absolute atomic E-state index is 5.96. The predicted molar refractivity (Wildman–Crippen MR) is 62.2 cm³/mol. The Morgan fingerprint density at radius 2 is 2.31 bits per heavy atom. The zero-order valence-electron chi connectivity index (χ0n) is 9.56. The number of hydrogen-bond donors (Lipinski definition) is 1. The number of fused-ring (bicyclic) bond motifs is 1. The third-order valence-electron chi connectivity index (χ3n) is 2.59. The van der Waals surface area contributed by atoms with E-state index >= 15 is 0 Å². The SMILES string of the molecule is COCCC(N)c1nc2c(C)cccc2o1. The second-order valence-electron chi connectivity index (χ2n) is 3.86. The number of oxazole rings is 1. The Balaban J connectivity index is 2.29. The molecule has 1 aromatic carbocycles. The number of para-hydroxylation sites is 1. The highest BCUT2D eigenvalue weighted by molar-refractivity contribution is 5.76. The Hall–Kier alpha value is -1.39. The average molecular weight is 220 g/mol. The molecule has 2 rings (SSSR count). The van der Waals surface area contributed by atoms with Crippen molar-refractivity contribution in [2.75, 3.05) is 13.7 Å². The van der Waals surface area contributed by atoms with Crippen LogP contribution in [0.2, 0.25) is 0 Å². The smallest absolute Gasteiger partial charge is 0.212 e. The first-order chi connectivity index (χ1) is 7.72. The number of ether oxygens (including phenoxy) is 1. The lowest BCUT2D eigenvalue weighted by molar-refractivity contribution is 0.184. The molecule has 0 bridgehead atoms. The monoisotopic (exact) mass is 220 g/mol. The molecule has 0 aliphatic rings. The number of rotatable bonds is 4. The Morgan fingerprint density at radius 3 is 3.00 bits per heavy atom. The number of aryl methyl sites for hydroxylation is 1. The van der Waals surface area contributed by atoms with Crippen LogP contribution in [0.5, 0.6) is 0 Å². The number of nitrogens with two attached hydrogens (primary N) is 1. The van der Waals surface area contributed by atoms with Crippen molar-refractivity contribution in [2.24, 2.45) is 5.73 Å². The first-order valence-corrected chi connectivity index (χ1v) is 5.33. The summed E-state index contributed by atoms with van der Waals surface area (Å²) in [7, 11) is 1.66. The van der Waals surface area contributed by atoms with E-state index in [-0.39, 0.29) is 6.04 Å². The fourth-order valence-electron chi connectivity index (χ4n) is 1.63. The van der Waals surface area contributed by atoms with Crippen molar-refractivity contribution in [3.05, 3.63) is 29.7 Å². The lowest BCUT2D eigenvalue weighted by Gasteiger charge is -2.05. The number of nitrogens with zero attached hydrogens (tertiary/aromatic N) is 1. The van der Waals surface area contributed by atoms with Crippen molar-refractivity contribution >= 4 is 11.1 Å². The van der Waals surface area contributed by atoms with Crippen molar-refractivity contribution < 1.29 is 9.15 Å². The summed E-state index contributed by atoms with van der Waals surface area (Å²) in [6.45, 7) is 2.62. The van der Waals surface area contributed by atoms with Gasteiger partial charge in [0, 0.05) is 13.7 Å². The summed E-state index contributed by atoms with van der Waals surface area (Å²) in [5, 5.41) is 0. The zero-order chi connectivity index (χ0) is 11.5. The van der Waals surface area contributed by atoms with Crippen LogP contribution in [-0.2, 0) is 4.74 Å². The van der Waals surface area contributed by atoms with Gasteiger partial charge in [-0.1, -0.05) is 12.1 Å². The van der Waals surface area contributed by atoms with Gasteiger partial charge in [-0.15, -0.1) is 0 Å². The van der Waals surface area contributed by atoms with Crippen LogP contribution >= 0.6 is 0 Å². The van der Waals surface area contributed by atoms with Gasteiger partial charge < -0.3 is 14.9 Å². The lowest BCUT2D eigenvalue weighted by atomic mass is 10.2. The van der Waals surface area contributed by atoms with Gasteiger partial charge in [0.25, 0.3) is 0 Å². The van der Waals surface area contributed by atoms with Crippen molar-refractivity contribution in [1.82, 2.24) is 4.98 Å². The van der Waals surface area contributed by atoms with Gasteiger partial charge in [-0.3, -0.25) is 0 Å². The van der Waals surface area contributed by atoms with Crippen LogP contribution in [0.3, 0.4) is 0 Å². The summed E-state index contributed by atoms with van der Waals surface area (Å²) < 4.78 is 10.6. The molecule has 0 amide bonds. The zero-order valence-corrected chi connectivity index (χ0v) is 9.56. The highest BCUT2D eigenvalue weighted by Crippen LogP contribution is 2.22. The van der Waals surface area contributed by atoms with Crippen molar-refractivity contribution in [3.63, 3.8) is 0 Å². The fourth-order valence-corrected chi connectivity index (χ4v) is 1.63. The number of benzene rings is 1. The van der Waals surface area contributed by atoms with E-state index in [9.17, 15) is 0 Å². The highest BCUT2D eigenvalue weighted by atomic mass is 16.5.